The van der Waals surface area contributed by atoms with Crippen LogP contribution in [0.1, 0.15) is 33.5 Å². The lowest BCUT2D eigenvalue weighted by Crippen LogP contribution is -2.29. The van der Waals surface area contributed by atoms with Crippen LogP contribution < -0.4 is 10.6 Å². The molecule has 0 amide bonds. The number of rotatable bonds is 8. The van der Waals surface area contributed by atoms with E-state index in [-0.39, 0.29) is 5.97 Å². The van der Waals surface area contributed by atoms with Crippen LogP contribution in [0.5, 0.6) is 0 Å². The highest BCUT2D eigenvalue weighted by Gasteiger charge is 2.09. The van der Waals surface area contributed by atoms with Crippen LogP contribution in [0.2, 0.25) is 0 Å². The van der Waals surface area contributed by atoms with Crippen molar-refractivity contribution in [3.63, 3.8) is 0 Å². The number of aryl methyl sites for hydroxylation is 2. The summed E-state index contributed by atoms with van der Waals surface area (Å²) in [7, 11) is 1.37. The second-order valence-corrected chi connectivity index (χ2v) is 7.75. The number of hydrogen-bond donors (Lipinski definition) is 2. The largest absolute Gasteiger partial charge is 0.465 e. The predicted molar refractivity (Wildman–Crippen MR) is 119 cm³/mol. The number of thiocarbonyl (C=S) groups is 1. The van der Waals surface area contributed by atoms with Gasteiger partial charge in [0.15, 0.2) is 5.11 Å². The quantitative estimate of drug-likeness (QED) is 0.379. The van der Waals surface area contributed by atoms with Gasteiger partial charge in [0.2, 0.25) is 0 Å². The van der Waals surface area contributed by atoms with Gasteiger partial charge in [0.05, 0.1) is 12.7 Å². The highest BCUT2D eigenvalue weighted by Crippen LogP contribution is 2.18. The first-order chi connectivity index (χ1) is 13.0. The van der Waals surface area contributed by atoms with Crippen LogP contribution in [0.15, 0.2) is 42.5 Å². The van der Waals surface area contributed by atoms with Crippen molar-refractivity contribution in [2.45, 2.75) is 26.0 Å². The fraction of sp³-hybridized carbons (Fsp3) is 0.333. The minimum Gasteiger partial charge on any atom is -0.465 e. The Labute approximate surface area is 171 Å². The van der Waals surface area contributed by atoms with Gasteiger partial charge < -0.3 is 15.4 Å². The van der Waals surface area contributed by atoms with Crippen LogP contribution in [0.4, 0.5) is 5.69 Å². The highest BCUT2D eigenvalue weighted by molar-refractivity contribution is 7.98. The second kappa shape index (κ2) is 10.9. The Morgan fingerprint density at radius 2 is 1.93 bits per heavy atom. The molecule has 0 saturated carbocycles. The van der Waals surface area contributed by atoms with Gasteiger partial charge in [-0.2, -0.15) is 11.8 Å². The molecule has 0 spiro atoms. The summed E-state index contributed by atoms with van der Waals surface area (Å²) in [5, 5.41) is 6.94. The molecule has 144 valence electrons. The number of thioether (sulfide) groups is 1. The summed E-state index contributed by atoms with van der Waals surface area (Å²) in [6.45, 7) is 4.93. The molecular formula is C21H26N2O2S2. The van der Waals surface area contributed by atoms with Gasteiger partial charge in [-0.1, -0.05) is 30.3 Å². The number of carbonyl (C=O) groups excluding carboxylic acids is 1. The van der Waals surface area contributed by atoms with Crippen molar-refractivity contribution < 1.29 is 9.53 Å². The summed E-state index contributed by atoms with van der Waals surface area (Å²) in [6.07, 6.45) is 1.03. The van der Waals surface area contributed by atoms with E-state index in [0.717, 1.165) is 35.7 Å². The summed E-state index contributed by atoms with van der Waals surface area (Å²) in [6, 6.07) is 13.9. The molecule has 2 aromatic rings. The number of ether oxygens (including phenoxy) is 1. The number of methoxy groups -OCH3 is 1. The van der Waals surface area contributed by atoms with Gasteiger partial charge in [-0.3, -0.25) is 0 Å². The normalized spacial score (nSPS) is 10.3. The van der Waals surface area contributed by atoms with Crippen LogP contribution >= 0.6 is 24.0 Å². The lowest BCUT2D eigenvalue weighted by molar-refractivity contribution is 0.0601. The Bertz CT molecular complexity index is 794. The fourth-order valence-electron chi connectivity index (χ4n) is 2.50. The molecule has 2 N–H and O–H groups in total. The standard InChI is InChI=1S/C21H26N2O2S2/c1-15-7-4-5-8-18(15)14-27-12-6-11-22-21(26)23-19-13-17(20(24)25-3)10-9-16(19)2/h4-5,7-10,13H,6,11-12,14H2,1-3H3,(H2,22,23,26). The average molecular weight is 403 g/mol. The molecule has 0 unspecified atom stereocenters. The van der Waals surface area contributed by atoms with E-state index in [2.05, 4.69) is 41.8 Å². The molecule has 2 rings (SSSR count). The van der Waals surface area contributed by atoms with E-state index >= 15 is 0 Å². The molecule has 0 radical (unpaired) electrons. The molecule has 0 saturated heterocycles. The van der Waals surface area contributed by atoms with Gasteiger partial charge in [-0.25, -0.2) is 4.79 Å². The fourth-order valence-corrected chi connectivity index (χ4v) is 3.75. The Balaban J connectivity index is 1.70. The maximum absolute atomic E-state index is 11.7. The third-order valence-corrected chi connectivity index (χ3v) is 5.52. The van der Waals surface area contributed by atoms with E-state index in [9.17, 15) is 4.79 Å². The van der Waals surface area contributed by atoms with E-state index in [1.807, 2.05) is 24.8 Å². The van der Waals surface area contributed by atoms with Gasteiger partial charge >= 0.3 is 5.97 Å². The molecule has 0 aliphatic rings. The minimum absolute atomic E-state index is 0.359. The summed E-state index contributed by atoms with van der Waals surface area (Å²) in [5.41, 5.74) is 5.07. The third-order valence-electron chi connectivity index (χ3n) is 4.18. The van der Waals surface area contributed by atoms with Crippen molar-refractivity contribution in [2.24, 2.45) is 0 Å². The molecule has 2 aromatic carbocycles. The first-order valence-electron chi connectivity index (χ1n) is 8.87. The zero-order valence-electron chi connectivity index (χ0n) is 16.0. The second-order valence-electron chi connectivity index (χ2n) is 6.23. The number of esters is 1. The molecule has 0 fully saturated rings. The van der Waals surface area contributed by atoms with Gasteiger partial charge in [0.25, 0.3) is 0 Å². The van der Waals surface area contributed by atoms with Crippen molar-refractivity contribution >= 4 is 40.7 Å². The number of carbonyl (C=O) groups is 1. The van der Waals surface area contributed by atoms with Gasteiger partial charge in [-0.05, 0) is 67.1 Å². The average Bonchev–Trinajstić information content (AvgIpc) is 2.67. The van der Waals surface area contributed by atoms with E-state index in [1.165, 1.54) is 18.2 Å². The maximum Gasteiger partial charge on any atom is 0.337 e. The Morgan fingerprint density at radius 1 is 1.15 bits per heavy atom. The van der Waals surface area contributed by atoms with E-state index in [4.69, 9.17) is 17.0 Å². The predicted octanol–water partition coefficient (Wildman–Crippen LogP) is 4.70. The summed E-state index contributed by atoms with van der Waals surface area (Å²) in [5.74, 6) is 1.75. The third kappa shape index (κ3) is 6.88. The Hall–Kier alpha value is -2.05. The SMILES string of the molecule is COC(=O)c1ccc(C)c(NC(=S)NCCCSCc2ccccc2C)c1. The molecule has 0 aliphatic carbocycles. The highest BCUT2D eigenvalue weighted by atomic mass is 32.2. The number of anilines is 1. The van der Waals surface area contributed by atoms with Gasteiger partial charge in [0.1, 0.15) is 0 Å². The van der Waals surface area contributed by atoms with Crippen molar-refractivity contribution in [1.82, 2.24) is 5.32 Å². The van der Waals surface area contributed by atoms with Gasteiger partial charge in [0, 0.05) is 18.0 Å². The Kier molecular flexibility index (Phi) is 8.61. The molecule has 6 heteroatoms. The summed E-state index contributed by atoms with van der Waals surface area (Å²) < 4.78 is 4.76. The van der Waals surface area contributed by atoms with Crippen LogP contribution in [-0.2, 0) is 10.5 Å². The monoisotopic (exact) mass is 402 g/mol. The number of hydrogen-bond acceptors (Lipinski definition) is 4. The zero-order chi connectivity index (χ0) is 19.6. The number of nitrogens with one attached hydrogen (secondary N) is 2. The first-order valence-corrected chi connectivity index (χ1v) is 10.4. The van der Waals surface area contributed by atoms with Crippen molar-refractivity contribution in [1.29, 1.82) is 0 Å². The van der Waals surface area contributed by atoms with Gasteiger partial charge in [-0.15, -0.1) is 0 Å². The zero-order valence-corrected chi connectivity index (χ0v) is 17.6. The molecule has 0 heterocycles. The van der Waals surface area contributed by atoms with Crippen molar-refractivity contribution in [2.75, 3.05) is 24.7 Å². The maximum atomic E-state index is 11.7. The van der Waals surface area contributed by atoms with E-state index < -0.39 is 0 Å². The molecular weight excluding hydrogens is 376 g/mol. The Morgan fingerprint density at radius 3 is 2.67 bits per heavy atom. The smallest absolute Gasteiger partial charge is 0.337 e. The molecule has 27 heavy (non-hydrogen) atoms. The van der Waals surface area contributed by atoms with Crippen LogP contribution in [0.25, 0.3) is 0 Å². The summed E-state index contributed by atoms with van der Waals surface area (Å²) in [4.78, 5) is 11.7. The van der Waals surface area contributed by atoms with Crippen LogP contribution in [0.3, 0.4) is 0 Å². The lowest BCUT2D eigenvalue weighted by atomic mass is 10.1. The molecule has 0 aromatic heterocycles. The lowest BCUT2D eigenvalue weighted by Gasteiger charge is -2.13. The topological polar surface area (TPSA) is 50.4 Å². The van der Waals surface area contributed by atoms with Crippen molar-refractivity contribution in [3.8, 4) is 0 Å². The van der Waals surface area contributed by atoms with Crippen LogP contribution in [-0.4, -0.2) is 30.5 Å². The molecule has 0 bridgehead atoms. The molecule has 4 nitrogen and oxygen atoms in total. The summed E-state index contributed by atoms with van der Waals surface area (Å²) >= 11 is 7.29. The van der Waals surface area contributed by atoms with E-state index in [1.54, 1.807) is 12.1 Å². The van der Waals surface area contributed by atoms with E-state index in [0.29, 0.717) is 10.7 Å². The first kappa shape index (κ1) is 21.3. The minimum atomic E-state index is -0.359. The van der Waals surface area contributed by atoms with Crippen molar-refractivity contribution in [3.05, 3.63) is 64.7 Å². The van der Waals surface area contributed by atoms with Crippen LogP contribution in [0, 0.1) is 13.8 Å². The number of benzene rings is 2. The molecule has 0 aliphatic heterocycles. The molecule has 0 atom stereocenters.